The first kappa shape index (κ1) is 22.5. The van der Waals surface area contributed by atoms with E-state index < -0.39 is 0 Å². The van der Waals surface area contributed by atoms with E-state index in [0.29, 0.717) is 32.4 Å². The SMILES string of the molecule is CCOCCOc1cc(C)ccc1CNC(=NC)NCCN1CCCCC1C. The molecule has 2 N–H and O–H groups in total. The minimum Gasteiger partial charge on any atom is -0.491 e. The van der Waals surface area contributed by atoms with Gasteiger partial charge in [-0.1, -0.05) is 18.6 Å². The molecule has 1 atom stereocenters. The van der Waals surface area contributed by atoms with E-state index in [0.717, 1.165) is 30.4 Å². The fourth-order valence-electron chi connectivity index (χ4n) is 3.50. The van der Waals surface area contributed by atoms with E-state index in [1.165, 1.54) is 31.4 Å². The Morgan fingerprint density at radius 3 is 2.86 bits per heavy atom. The summed E-state index contributed by atoms with van der Waals surface area (Å²) in [5.41, 5.74) is 2.31. The summed E-state index contributed by atoms with van der Waals surface area (Å²) in [5.74, 6) is 1.73. The highest BCUT2D eigenvalue weighted by Gasteiger charge is 2.17. The lowest BCUT2D eigenvalue weighted by Gasteiger charge is -2.33. The molecule has 0 bridgehead atoms. The van der Waals surface area contributed by atoms with Crippen LogP contribution in [0, 0.1) is 6.92 Å². The first-order chi connectivity index (χ1) is 13.6. The van der Waals surface area contributed by atoms with Gasteiger partial charge in [0.25, 0.3) is 0 Å². The van der Waals surface area contributed by atoms with Crippen molar-refractivity contribution in [3.63, 3.8) is 0 Å². The molecule has 2 rings (SSSR count). The largest absolute Gasteiger partial charge is 0.491 e. The topological polar surface area (TPSA) is 58.1 Å². The molecule has 6 heteroatoms. The molecule has 1 aliphatic heterocycles. The molecule has 1 aliphatic rings. The van der Waals surface area contributed by atoms with Crippen LogP contribution in [-0.4, -0.2) is 63.4 Å². The van der Waals surface area contributed by atoms with Crippen LogP contribution in [0.1, 0.15) is 44.2 Å². The normalized spacial score (nSPS) is 18.1. The average Bonchev–Trinajstić information content (AvgIpc) is 2.70. The zero-order valence-electron chi connectivity index (χ0n) is 18.1. The summed E-state index contributed by atoms with van der Waals surface area (Å²) in [6.07, 6.45) is 3.99. The predicted octanol–water partition coefficient (Wildman–Crippen LogP) is 2.95. The van der Waals surface area contributed by atoms with Gasteiger partial charge in [-0.05, 0) is 51.8 Å². The Kier molecular flexibility index (Phi) is 10.1. The van der Waals surface area contributed by atoms with Crippen LogP contribution in [0.3, 0.4) is 0 Å². The number of rotatable bonds is 10. The van der Waals surface area contributed by atoms with Crippen LogP contribution >= 0.6 is 0 Å². The standard InChI is InChI=1S/C22H38N4O2/c1-5-27-14-15-28-21-16-18(2)9-10-20(21)17-25-22(23-4)24-11-13-26-12-7-6-8-19(26)3/h9-10,16,19H,5-8,11-15,17H2,1-4H3,(H2,23,24,25). The van der Waals surface area contributed by atoms with E-state index in [1.54, 1.807) is 0 Å². The third kappa shape index (κ3) is 7.68. The average molecular weight is 391 g/mol. The highest BCUT2D eigenvalue weighted by molar-refractivity contribution is 5.79. The second-order valence-electron chi connectivity index (χ2n) is 7.39. The van der Waals surface area contributed by atoms with Crippen LogP contribution in [0.15, 0.2) is 23.2 Å². The molecule has 0 spiro atoms. The van der Waals surface area contributed by atoms with Crippen molar-refractivity contribution in [2.75, 3.05) is 46.5 Å². The van der Waals surface area contributed by atoms with Crippen molar-refractivity contribution < 1.29 is 9.47 Å². The summed E-state index contributed by atoms with van der Waals surface area (Å²) >= 11 is 0. The second-order valence-corrected chi connectivity index (χ2v) is 7.39. The smallest absolute Gasteiger partial charge is 0.191 e. The van der Waals surface area contributed by atoms with Crippen molar-refractivity contribution >= 4 is 5.96 Å². The highest BCUT2D eigenvalue weighted by atomic mass is 16.5. The van der Waals surface area contributed by atoms with Gasteiger partial charge in [-0.25, -0.2) is 0 Å². The minimum absolute atomic E-state index is 0.561. The maximum absolute atomic E-state index is 5.93. The van der Waals surface area contributed by atoms with Crippen LogP contribution in [0.4, 0.5) is 0 Å². The van der Waals surface area contributed by atoms with Gasteiger partial charge in [-0.3, -0.25) is 9.89 Å². The number of nitrogens with one attached hydrogen (secondary N) is 2. The van der Waals surface area contributed by atoms with E-state index in [-0.39, 0.29) is 0 Å². The third-order valence-corrected chi connectivity index (χ3v) is 5.21. The number of piperidine rings is 1. The Hall–Kier alpha value is -1.79. The van der Waals surface area contributed by atoms with E-state index in [4.69, 9.17) is 9.47 Å². The van der Waals surface area contributed by atoms with Gasteiger partial charge in [0.05, 0.1) is 6.61 Å². The molecule has 6 nitrogen and oxygen atoms in total. The fraction of sp³-hybridized carbons (Fsp3) is 0.682. The molecule has 1 unspecified atom stereocenters. The number of likely N-dealkylation sites (tertiary alicyclic amines) is 1. The molecule has 1 fully saturated rings. The van der Waals surface area contributed by atoms with Gasteiger partial charge in [0.15, 0.2) is 5.96 Å². The van der Waals surface area contributed by atoms with Crippen LogP contribution in [0.25, 0.3) is 0 Å². The fourth-order valence-corrected chi connectivity index (χ4v) is 3.50. The van der Waals surface area contributed by atoms with Crippen molar-refractivity contribution in [1.82, 2.24) is 15.5 Å². The van der Waals surface area contributed by atoms with Crippen LogP contribution in [-0.2, 0) is 11.3 Å². The number of nitrogens with zero attached hydrogens (tertiary/aromatic N) is 2. The van der Waals surface area contributed by atoms with Gasteiger partial charge in [-0.2, -0.15) is 0 Å². The maximum atomic E-state index is 5.93. The Balaban J connectivity index is 1.80. The van der Waals surface area contributed by atoms with Crippen molar-refractivity contribution in [3.8, 4) is 5.75 Å². The number of aliphatic imine (C=N–C) groups is 1. The van der Waals surface area contributed by atoms with Crippen molar-refractivity contribution in [2.45, 2.75) is 52.6 Å². The molecule has 0 saturated carbocycles. The second kappa shape index (κ2) is 12.6. The number of ether oxygens (including phenoxy) is 2. The van der Waals surface area contributed by atoms with Crippen LogP contribution in [0.5, 0.6) is 5.75 Å². The minimum atomic E-state index is 0.561. The van der Waals surface area contributed by atoms with E-state index in [9.17, 15) is 0 Å². The van der Waals surface area contributed by atoms with Gasteiger partial charge in [0, 0.05) is 44.9 Å². The number of hydrogen-bond acceptors (Lipinski definition) is 4. The highest BCUT2D eigenvalue weighted by Crippen LogP contribution is 2.20. The maximum Gasteiger partial charge on any atom is 0.191 e. The Labute approximate surface area is 170 Å². The molecule has 0 aromatic heterocycles. The molecule has 1 heterocycles. The van der Waals surface area contributed by atoms with Gasteiger partial charge in [0.2, 0.25) is 0 Å². The first-order valence-corrected chi connectivity index (χ1v) is 10.6. The van der Waals surface area contributed by atoms with Crippen LogP contribution in [0.2, 0.25) is 0 Å². The first-order valence-electron chi connectivity index (χ1n) is 10.6. The third-order valence-electron chi connectivity index (χ3n) is 5.21. The van der Waals surface area contributed by atoms with E-state index in [1.807, 2.05) is 14.0 Å². The lowest BCUT2D eigenvalue weighted by Crippen LogP contribution is -2.45. The van der Waals surface area contributed by atoms with Crippen molar-refractivity contribution in [1.29, 1.82) is 0 Å². The van der Waals surface area contributed by atoms with Gasteiger partial charge >= 0.3 is 0 Å². The molecular formula is C22H38N4O2. The molecule has 28 heavy (non-hydrogen) atoms. The van der Waals surface area contributed by atoms with Crippen molar-refractivity contribution in [2.24, 2.45) is 4.99 Å². The number of hydrogen-bond donors (Lipinski definition) is 2. The summed E-state index contributed by atoms with van der Waals surface area (Å²) < 4.78 is 11.3. The van der Waals surface area contributed by atoms with Crippen LogP contribution < -0.4 is 15.4 Å². The van der Waals surface area contributed by atoms with E-state index >= 15 is 0 Å². The molecule has 1 aromatic rings. The summed E-state index contributed by atoms with van der Waals surface area (Å²) in [6.45, 7) is 12.1. The molecule has 1 saturated heterocycles. The lowest BCUT2D eigenvalue weighted by molar-refractivity contribution is 0.110. The van der Waals surface area contributed by atoms with Gasteiger partial charge in [0.1, 0.15) is 12.4 Å². The zero-order valence-corrected chi connectivity index (χ0v) is 18.1. The summed E-state index contributed by atoms with van der Waals surface area (Å²) in [7, 11) is 1.81. The summed E-state index contributed by atoms with van der Waals surface area (Å²) in [6, 6.07) is 6.99. The monoisotopic (exact) mass is 390 g/mol. The Bertz CT molecular complexity index is 606. The van der Waals surface area contributed by atoms with E-state index in [2.05, 4.69) is 52.6 Å². The Morgan fingerprint density at radius 1 is 1.25 bits per heavy atom. The predicted molar refractivity (Wildman–Crippen MR) is 116 cm³/mol. The molecule has 158 valence electrons. The zero-order chi connectivity index (χ0) is 20.2. The summed E-state index contributed by atoms with van der Waals surface area (Å²) in [5, 5.41) is 6.84. The molecule has 0 radical (unpaired) electrons. The number of aryl methyl sites for hydroxylation is 1. The van der Waals surface area contributed by atoms with Gasteiger partial charge in [-0.15, -0.1) is 0 Å². The number of benzene rings is 1. The van der Waals surface area contributed by atoms with Crippen molar-refractivity contribution in [3.05, 3.63) is 29.3 Å². The molecule has 0 aliphatic carbocycles. The Morgan fingerprint density at radius 2 is 2.11 bits per heavy atom. The lowest BCUT2D eigenvalue weighted by atomic mass is 10.0. The quantitative estimate of drug-likeness (QED) is 0.365. The van der Waals surface area contributed by atoms with Gasteiger partial charge < -0.3 is 20.1 Å². The molecule has 0 amide bonds. The molecular weight excluding hydrogens is 352 g/mol. The number of guanidine groups is 1. The molecule has 1 aromatic carbocycles. The summed E-state index contributed by atoms with van der Waals surface area (Å²) in [4.78, 5) is 6.92.